The Kier molecular flexibility index (Phi) is 13.1. The second kappa shape index (κ2) is 15.8. The number of sulfonamides is 1. The molecule has 0 bridgehead atoms. The molecule has 0 spiro atoms. The van der Waals surface area contributed by atoms with Gasteiger partial charge in [-0.3, -0.25) is 9.52 Å². The lowest BCUT2D eigenvalue weighted by Gasteiger charge is -2.32. The summed E-state index contributed by atoms with van der Waals surface area (Å²) in [7, 11) is -3.88. The molecule has 14 heteroatoms. The quantitative estimate of drug-likeness (QED) is 0.327. The van der Waals surface area contributed by atoms with E-state index in [1.807, 2.05) is 24.0 Å². The van der Waals surface area contributed by atoms with Crippen molar-refractivity contribution in [3.63, 3.8) is 0 Å². The van der Waals surface area contributed by atoms with E-state index in [4.69, 9.17) is 14.6 Å². The summed E-state index contributed by atoms with van der Waals surface area (Å²) < 4.78 is 66.6. The summed E-state index contributed by atoms with van der Waals surface area (Å²) in [5, 5.41) is 10.4. The highest BCUT2D eigenvalue weighted by Crippen LogP contribution is 2.31. The zero-order chi connectivity index (χ0) is 32.4. The van der Waals surface area contributed by atoms with Gasteiger partial charge >= 0.3 is 12.1 Å². The number of nitrogens with one attached hydrogen (secondary N) is 2. The van der Waals surface area contributed by atoms with Crippen molar-refractivity contribution < 1.29 is 41.0 Å². The third kappa shape index (κ3) is 11.2. The van der Waals surface area contributed by atoms with E-state index in [2.05, 4.69) is 42.6 Å². The van der Waals surface area contributed by atoms with E-state index in [1.54, 1.807) is 18.2 Å². The van der Waals surface area contributed by atoms with Crippen LogP contribution in [0.1, 0.15) is 45.0 Å². The first-order valence-electron chi connectivity index (χ1n) is 14.0. The number of rotatable bonds is 11. The standard InChI is InChI=1S/C27H40N4O4S.C2HF3O2/c1-6-35-23-8-10-24(11-9-23)36(33,34)29-25-17-22(7-12-26(25)30-15-13-28-14-16-30)27(32)31(18-20(2)3)19-21(4)5;3-2(4,5)1(6)7/h7-12,17,20-21,28-29H,6,13-16,18-19H2,1-5H3;(H,6,7). The van der Waals surface area contributed by atoms with Gasteiger partial charge in [0.05, 0.1) is 22.9 Å². The number of nitrogens with zero attached hydrogens (tertiary/aromatic N) is 2. The lowest BCUT2D eigenvalue weighted by Crippen LogP contribution is -2.44. The molecule has 2 aromatic carbocycles. The number of carbonyl (C=O) groups is 2. The van der Waals surface area contributed by atoms with Crippen LogP contribution in [0.3, 0.4) is 0 Å². The highest BCUT2D eigenvalue weighted by Gasteiger charge is 2.38. The lowest BCUT2D eigenvalue weighted by atomic mass is 10.1. The minimum atomic E-state index is -5.08. The molecule has 1 fully saturated rings. The van der Waals surface area contributed by atoms with E-state index in [-0.39, 0.29) is 10.8 Å². The lowest BCUT2D eigenvalue weighted by molar-refractivity contribution is -0.192. The SMILES string of the molecule is CCOc1ccc(S(=O)(=O)Nc2cc(C(=O)N(CC(C)C)CC(C)C)ccc2N2CCNCC2)cc1.O=C(O)C(F)(F)F. The van der Waals surface area contributed by atoms with Crippen molar-refractivity contribution in [2.24, 2.45) is 11.8 Å². The van der Waals surface area contributed by atoms with Gasteiger partial charge in [0.1, 0.15) is 5.75 Å². The first kappa shape index (κ1) is 35.7. The zero-order valence-corrected chi connectivity index (χ0v) is 25.9. The topological polar surface area (TPSA) is 128 Å². The van der Waals surface area contributed by atoms with Gasteiger partial charge in [-0.2, -0.15) is 13.2 Å². The van der Waals surface area contributed by atoms with Crippen molar-refractivity contribution >= 4 is 33.3 Å². The van der Waals surface area contributed by atoms with E-state index in [0.717, 1.165) is 31.9 Å². The summed E-state index contributed by atoms with van der Waals surface area (Å²) in [5.41, 5.74) is 1.65. The number of halogens is 3. The molecule has 0 atom stereocenters. The van der Waals surface area contributed by atoms with Crippen LogP contribution >= 0.6 is 0 Å². The molecular formula is C29H41F3N4O6S. The minimum absolute atomic E-state index is 0.0919. The fourth-order valence-corrected chi connectivity index (χ4v) is 5.39. The van der Waals surface area contributed by atoms with E-state index >= 15 is 0 Å². The molecule has 10 nitrogen and oxygen atoms in total. The average Bonchev–Trinajstić information content (AvgIpc) is 2.92. The summed E-state index contributed by atoms with van der Waals surface area (Å²) >= 11 is 0. The van der Waals surface area contributed by atoms with Crippen molar-refractivity contribution in [3.05, 3.63) is 48.0 Å². The number of amides is 1. The Bertz CT molecular complexity index is 1300. The molecule has 1 aliphatic rings. The number of alkyl halides is 3. The molecular weight excluding hydrogens is 589 g/mol. The second-order valence-corrected chi connectivity index (χ2v) is 12.5. The first-order valence-corrected chi connectivity index (χ1v) is 15.5. The predicted octanol–water partition coefficient (Wildman–Crippen LogP) is 4.68. The van der Waals surface area contributed by atoms with Gasteiger partial charge in [-0.05, 0) is 61.2 Å². The summed E-state index contributed by atoms with van der Waals surface area (Å²) in [6.07, 6.45) is -5.08. The van der Waals surface area contributed by atoms with Crippen LogP contribution < -0.4 is 19.7 Å². The van der Waals surface area contributed by atoms with Crippen LogP contribution in [0.2, 0.25) is 0 Å². The Morgan fingerprint density at radius 2 is 1.56 bits per heavy atom. The van der Waals surface area contributed by atoms with Gasteiger partial charge < -0.3 is 25.0 Å². The van der Waals surface area contributed by atoms with Crippen molar-refractivity contribution in [1.82, 2.24) is 10.2 Å². The molecule has 3 rings (SSSR count). The molecule has 0 aliphatic carbocycles. The highest BCUT2D eigenvalue weighted by atomic mass is 32.2. The Labute approximate surface area is 251 Å². The summed E-state index contributed by atoms with van der Waals surface area (Å²) in [5.74, 6) is -1.59. The van der Waals surface area contributed by atoms with E-state index in [9.17, 15) is 26.4 Å². The fraction of sp³-hybridized carbons (Fsp3) is 0.517. The third-order valence-electron chi connectivity index (χ3n) is 6.09. The molecule has 0 saturated carbocycles. The van der Waals surface area contributed by atoms with E-state index in [0.29, 0.717) is 48.5 Å². The number of anilines is 2. The fourth-order valence-electron chi connectivity index (χ4n) is 4.32. The molecule has 3 N–H and O–H groups in total. The zero-order valence-electron chi connectivity index (χ0n) is 25.1. The number of aliphatic carboxylic acids is 1. The molecule has 0 aromatic heterocycles. The van der Waals surface area contributed by atoms with Crippen LogP contribution in [0.25, 0.3) is 0 Å². The second-order valence-electron chi connectivity index (χ2n) is 10.8. The van der Waals surface area contributed by atoms with E-state index in [1.165, 1.54) is 12.1 Å². The smallest absolute Gasteiger partial charge is 0.490 e. The van der Waals surface area contributed by atoms with Crippen LogP contribution in [0, 0.1) is 11.8 Å². The number of piperazine rings is 1. The normalized spacial score (nSPS) is 13.8. The van der Waals surface area contributed by atoms with E-state index < -0.39 is 22.2 Å². The molecule has 43 heavy (non-hydrogen) atoms. The molecule has 0 unspecified atom stereocenters. The molecule has 1 heterocycles. The van der Waals surface area contributed by atoms with Gasteiger partial charge in [0.15, 0.2) is 0 Å². The Hall–Kier alpha value is -3.52. The number of hydrogen-bond donors (Lipinski definition) is 3. The van der Waals surface area contributed by atoms with Crippen molar-refractivity contribution in [2.45, 2.75) is 45.7 Å². The number of ether oxygens (including phenoxy) is 1. The van der Waals surface area contributed by atoms with Crippen LogP contribution in [-0.4, -0.2) is 82.4 Å². The molecule has 240 valence electrons. The number of hydrogen-bond acceptors (Lipinski definition) is 7. The average molecular weight is 631 g/mol. The van der Waals surface area contributed by atoms with Crippen LogP contribution in [0.15, 0.2) is 47.4 Å². The van der Waals surface area contributed by atoms with Gasteiger partial charge in [-0.15, -0.1) is 0 Å². The predicted molar refractivity (Wildman–Crippen MR) is 159 cm³/mol. The number of benzene rings is 2. The summed E-state index contributed by atoms with van der Waals surface area (Å²) in [6, 6.07) is 11.7. The highest BCUT2D eigenvalue weighted by molar-refractivity contribution is 7.92. The monoisotopic (exact) mass is 630 g/mol. The Morgan fingerprint density at radius 1 is 1.02 bits per heavy atom. The molecule has 0 radical (unpaired) electrons. The van der Waals surface area contributed by atoms with Crippen LogP contribution in [0.4, 0.5) is 24.5 Å². The Morgan fingerprint density at radius 3 is 2.02 bits per heavy atom. The largest absolute Gasteiger partial charge is 0.494 e. The first-order chi connectivity index (χ1) is 20.0. The molecule has 1 aliphatic heterocycles. The maximum absolute atomic E-state index is 13.5. The minimum Gasteiger partial charge on any atom is -0.494 e. The molecule has 1 saturated heterocycles. The third-order valence-corrected chi connectivity index (χ3v) is 7.47. The van der Waals surface area contributed by atoms with Gasteiger partial charge in [0.2, 0.25) is 0 Å². The number of carbonyl (C=O) groups excluding carboxylic acids is 1. The van der Waals surface area contributed by atoms with Gasteiger partial charge in [0.25, 0.3) is 15.9 Å². The number of carboxylic acids is 1. The summed E-state index contributed by atoms with van der Waals surface area (Å²) in [6.45, 7) is 15.1. The Balaban J connectivity index is 0.000000821. The van der Waals surface area contributed by atoms with Crippen molar-refractivity contribution in [3.8, 4) is 5.75 Å². The van der Waals surface area contributed by atoms with Gasteiger partial charge in [-0.1, -0.05) is 27.7 Å². The van der Waals surface area contributed by atoms with Crippen LogP contribution in [-0.2, 0) is 14.8 Å². The van der Waals surface area contributed by atoms with Crippen molar-refractivity contribution in [2.75, 3.05) is 55.5 Å². The van der Waals surface area contributed by atoms with Gasteiger partial charge in [0, 0.05) is 44.8 Å². The maximum atomic E-state index is 13.5. The van der Waals surface area contributed by atoms with Gasteiger partial charge in [-0.25, -0.2) is 13.2 Å². The number of carboxylic acid groups (broad SMARTS) is 1. The molecule has 2 aromatic rings. The van der Waals surface area contributed by atoms with Crippen LogP contribution in [0.5, 0.6) is 5.75 Å². The van der Waals surface area contributed by atoms with Crippen molar-refractivity contribution in [1.29, 1.82) is 0 Å². The molecule has 1 amide bonds. The maximum Gasteiger partial charge on any atom is 0.490 e. The summed E-state index contributed by atoms with van der Waals surface area (Å²) in [4.78, 5) is 26.5.